The number of benzene rings is 2. The molecule has 0 saturated carbocycles. The Labute approximate surface area is 167 Å². The first-order valence-corrected chi connectivity index (χ1v) is 8.92. The lowest BCUT2D eigenvalue weighted by Crippen LogP contribution is -2.19. The number of rotatable bonds is 5. The number of aryl methyl sites for hydroxylation is 2. The van der Waals surface area contributed by atoms with Gasteiger partial charge in [-0.25, -0.2) is 5.43 Å². The van der Waals surface area contributed by atoms with Crippen molar-refractivity contribution in [2.24, 2.45) is 5.10 Å². The van der Waals surface area contributed by atoms with E-state index in [0.29, 0.717) is 11.3 Å². The molecule has 0 fully saturated rings. The predicted octanol–water partition coefficient (Wildman–Crippen LogP) is 3.66. The van der Waals surface area contributed by atoms with E-state index in [1.807, 2.05) is 31.4 Å². The van der Waals surface area contributed by atoms with Crippen molar-refractivity contribution >= 4 is 23.5 Å². The number of nitrogens with zero attached hydrogens (tertiary/aromatic N) is 3. The number of para-hydroxylation sites is 1. The Morgan fingerprint density at radius 1 is 1.17 bits per heavy atom. The number of nitrogens with two attached hydrogens (primary N) is 1. The molecule has 3 aromatic rings. The van der Waals surface area contributed by atoms with Crippen molar-refractivity contribution in [1.82, 2.24) is 9.99 Å². The molecule has 0 unspecified atom stereocenters. The summed E-state index contributed by atoms with van der Waals surface area (Å²) in [5, 5.41) is 15.2. The van der Waals surface area contributed by atoms with Gasteiger partial charge in [0.15, 0.2) is 0 Å². The maximum atomic E-state index is 12.2. The minimum atomic E-state index is -0.412. The molecule has 0 atom stereocenters. The molecule has 8 heteroatoms. The molecule has 0 aliphatic heterocycles. The second-order valence-corrected chi connectivity index (χ2v) is 6.68. The largest absolute Gasteiger partial charge is 0.398 e. The van der Waals surface area contributed by atoms with Crippen molar-refractivity contribution in [2.45, 2.75) is 20.8 Å². The first-order valence-electron chi connectivity index (χ1n) is 8.92. The highest BCUT2D eigenvalue weighted by atomic mass is 16.6. The molecule has 29 heavy (non-hydrogen) atoms. The van der Waals surface area contributed by atoms with E-state index in [9.17, 15) is 14.9 Å². The third kappa shape index (κ3) is 4.01. The summed E-state index contributed by atoms with van der Waals surface area (Å²) in [6.07, 6.45) is 1.54. The van der Waals surface area contributed by atoms with Crippen molar-refractivity contribution in [1.29, 1.82) is 0 Å². The Morgan fingerprint density at radius 2 is 1.90 bits per heavy atom. The molecule has 2 aromatic carbocycles. The van der Waals surface area contributed by atoms with Crippen LogP contribution in [0.25, 0.3) is 5.69 Å². The number of nitro groups is 1. The minimum Gasteiger partial charge on any atom is -0.398 e. The Bertz CT molecular complexity index is 1130. The van der Waals surface area contributed by atoms with Gasteiger partial charge in [0.25, 0.3) is 11.6 Å². The van der Waals surface area contributed by atoms with Crippen LogP contribution in [0, 0.1) is 30.9 Å². The van der Waals surface area contributed by atoms with E-state index in [2.05, 4.69) is 10.5 Å². The number of hydrazone groups is 1. The fourth-order valence-electron chi connectivity index (χ4n) is 3.17. The van der Waals surface area contributed by atoms with Gasteiger partial charge in [0.1, 0.15) is 0 Å². The summed E-state index contributed by atoms with van der Waals surface area (Å²) in [7, 11) is 0. The molecular formula is C21H21N5O3. The van der Waals surface area contributed by atoms with E-state index < -0.39 is 10.8 Å². The van der Waals surface area contributed by atoms with Crippen molar-refractivity contribution in [3.63, 3.8) is 0 Å². The molecule has 1 aromatic heterocycles. The zero-order valence-corrected chi connectivity index (χ0v) is 16.3. The molecule has 1 amide bonds. The first kappa shape index (κ1) is 19.8. The molecule has 8 nitrogen and oxygen atoms in total. The summed E-state index contributed by atoms with van der Waals surface area (Å²) >= 11 is 0. The predicted molar refractivity (Wildman–Crippen MR) is 113 cm³/mol. The molecule has 0 aliphatic rings. The quantitative estimate of drug-likeness (QED) is 0.299. The number of nitrogen functional groups attached to an aromatic ring is 1. The molecule has 0 radical (unpaired) electrons. The third-order valence-corrected chi connectivity index (χ3v) is 4.69. The Kier molecular flexibility index (Phi) is 5.45. The average Bonchev–Trinajstić information content (AvgIpc) is 2.96. The van der Waals surface area contributed by atoms with Crippen LogP contribution < -0.4 is 11.2 Å². The number of anilines is 1. The number of non-ortho nitro benzene ring substituents is 1. The van der Waals surface area contributed by atoms with Crippen LogP contribution >= 0.6 is 0 Å². The topological polar surface area (TPSA) is 116 Å². The fraction of sp³-hybridized carbons (Fsp3) is 0.143. The molecule has 3 rings (SSSR count). The molecular weight excluding hydrogens is 370 g/mol. The SMILES string of the molecule is Cc1ccc([N+](=O)[O-])cc1-n1c(C)cc(C=NNC(=O)c2ccccc2N)c1C. The highest BCUT2D eigenvalue weighted by Gasteiger charge is 2.15. The summed E-state index contributed by atoms with van der Waals surface area (Å²) in [5.41, 5.74) is 13.2. The van der Waals surface area contributed by atoms with Gasteiger partial charge in [-0.1, -0.05) is 18.2 Å². The van der Waals surface area contributed by atoms with Gasteiger partial charge in [-0.05, 0) is 44.5 Å². The number of hydrogen-bond donors (Lipinski definition) is 2. The molecule has 0 spiro atoms. The summed E-state index contributed by atoms with van der Waals surface area (Å²) in [6.45, 7) is 5.70. The van der Waals surface area contributed by atoms with Crippen LogP contribution in [-0.4, -0.2) is 21.6 Å². The normalized spacial score (nSPS) is 11.0. The Hall–Kier alpha value is -3.94. The number of hydrogen-bond acceptors (Lipinski definition) is 5. The number of nitrogens with one attached hydrogen (secondary N) is 1. The number of aromatic nitrogens is 1. The number of nitro benzene ring substituents is 1. The Balaban J connectivity index is 1.88. The lowest BCUT2D eigenvalue weighted by Gasteiger charge is -2.12. The monoisotopic (exact) mass is 391 g/mol. The highest BCUT2D eigenvalue weighted by molar-refractivity contribution is 5.99. The molecule has 0 aliphatic carbocycles. The maximum Gasteiger partial charge on any atom is 0.273 e. The lowest BCUT2D eigenvalue weighted by molar-refractivity contribution is -0.384. The van der Waals surface area contributed by atoms with Crippen LogP contribution in [0.1, 0.15) is 32.9 Å². The van der Waals surface area contributed by atoms with E-state index in [1.54, 1.807) is 42.6 Å². The molecule has 0 saturated heterocycles. The highest BCUT2D eigenvalue weighted by Crippen LogP contribution is 2.26. The second kappa shape index (κ2) is 7.97. The maximum absolute atomic E-state index is 12.2. The number of carbonyl (C=O) groups is 1. The van der Waals surface area contributed by atoms with Crippen LogP contribution in [0.4, 0.5) is 11.4 Å². The standard InChI is InChI=1S/C21H21N5O3/c1-13-8-9-17(26(28)29)11-20(13)25-14(2)10-16(15(25)3)12-23-24-21(27)18-6-4-5-7-19(18)22/h4-12H,22H2,1-3H3,(H,24,27). The van der Waals surface area contributed by atoms with E-state index >= 15 is 0 Å². The van der Waals surface area contributed by atoms with Gasteiger partial charge in [0.05, 0.1) is 22.4 Å². The summed E-state index contributed by atoms with van der Waals surface area (Å²) in [6, 6.07) is 13.4. The van der Waals surface area contributed by atoms with E-state index in [0.717, 1.165) is 28.2 Å². The summed E-state index contributed by atoms with van der Waals surface area (Å²) < 4.78 is 1.93. The fourth-order valence-corrected chi connectivity index (χ4v) is 3.17. The molecule has 3 N–H and O–H groups in total. The lowest BCUT2D eigenvalue weighted by atomic mass is 10.1. The first-order chi connectivity index (χ1) is 13.8. The number of amides is 1. The van der Waals surface area contributed by atoms with Crippen molar-refractivity contribution in [3.05, 3.63) is 86.7 Å². The average molecular weight is 391 g/mol. The van der Waals surface area contributed by atoms with Gasteiger partial charge in [0.2, 0.25) is 0 Å². The smallest absolute Gasteiger partial charge is 0.273 e. The second-order valence-electron chi connectivity index (χ2n) is 6.68. The van der Waals surface area contributed by atoms with Crippen molar-refractivity contribution in [2.75, 3.05) is 5.73 Å². The van der Waals surface area contributed by atoms with Crippen LogP contribution in [0.3, 0.4) is 0 Å². The van der Waals surface area contributed by atoms with Crippen LogP contribution in [0.2, 0.25) is 0 Å². The van der Waals surface area contributed by atoms with Gasteiger partial charge in [-0.15, -0.1) is 0 Å². The van der Waals surface area contributed by atoms with Crippen molar-refractivity contribution < 1.29 is 9.72 Å². The van der Waals surface area contributed by atoms with Gasteiger partial charge >= 0.3 is 0 Å². The van der Waals surface area contributed by atoms with Gasteiger partial charge in [0, 0.05) is 34.8 Å². The summed E-state index contributed by atoms with van der Waals surface area (Å²) in [4.78, 5) is 22.9. The van der Waals surface area contributed by atoms with Crippen LogP contribution in [0.5, 0.6) is 0 Å². The zero-order chi connectivity index (χ0) is 21.1. The van der Waals surface area contributed by atoms with Gasteiger partial charge in [-0.2, -0.15) is 5.10 Å². The Morgan fingerprint density at radius 3 is 2.59 bits per heavy atom. The third-order valence-electron chi connectivity index (χ3n) is 4.69. The van der Waals surface area contributed by atoms with Gasteiger partial charge in [-0.3, -0.25) is 14.9 Å². The summed E-state index contributed by atoms with van der Waals surface area (Å²) in [5.74, 6) is -0.400. The van der Waals surface area contributed by atoms with Crippen molar-refractivity contribution in [3.8, 4) is 5.69 Å². The van der Waals surface area contributed by atoms with Crippen LogP contribution in [-0.2, 0) is 0 Å². The van der Waals surface area contributed by atoms with Crippen LogP contribution in [0.15, 0.2) is 53.6 Å². The molecule has 1 heterocycles. The minimum absolute atomic E-state index is 0.0287. The van der Waals surface area contributed by atoms with E-state index in [4.69, 9.17) is 5.73 Å². The number of carbonyl (C=O) groups excluding carboxylic acids is 1. The molecule has 148 valence electrons. The molecule has 0 bridgehead atoms. The van der Waals surface area contributed by atoms with Gasteiger partial charge < -0.3 is 10.3 Å². The van der Waals surface area contributed by atoms with E-state index in [-0.39, 0.29) is 5.69 Å². The van der Waals surface area contributed by atoms with E-state index in [1.165, 1.54) is 6.07 Å². The zero-order valence-electron chi connectivity index (χ0n) is 16.3.